The molecule has 8 heteroatoms. The number of nitrogens with one attached hydrogen (secondary N) is 1. The van der Waals surface area contributed by atoms with Crippen molar-refractivity contribution in [3.63, 3.8) is 0 Å². The summed E-state index contributed by atoms with van der Waals surface area (Å²) >= 11 is 3.55. The van der Waals surface area contributed by atoms with E-state index in [9.17, 15) is 18.0 Å². The summed E-state index contributed by atoms with van der Waals surface area (Å²) in [6, 6.07) is 10.2. The Kier molecular flexibility index (Phi) is 5.23. The standard InChI is InChI=1S/C21H20BrF3N2O2/c22-17-3-1-2-14-8-9-20(29-18(14)17)10-12-27(13-11-20)19(28)26-16-6-4-15(5-7-16)21(23,24)25/h1-7H,8-13H2,(H,26,28). The summed E-state index contributed by atoms with van der Waals surface area (Å²) in [4.78, 5) is 14.2. The lowest BCUT2D eigenvalue weighted by Crippen LogP contribution is -2.52. The van der Waals surface area contributed by atoms with Crippen molar-refractivity contribution < 1.29 is 22.7 Å². The summed E-state index contributed by atoms with van der Waals surface area (Å²) < 4.78 is 45.3. The molecule has 4 nitrogen and oxygen atoms in total. The first-order valence-corrected chi connectivity index (χ1v) is 10.2. The highest BCUT2D eigenvalue weighted by atomic mass is 79.9. The maximum Gasteiger partial charge on any atom is 0.416 e. The number of hydrogen-bond acceptors (Lipinski definition) is 2. The molecule has 29 heavy (non-hydrogen) atoms. The summed E-state index contributed by atoms with van der Waals surface area (Å²) in [6.07, 6.45) is -1.11. The van der Waals surface area contributed by atoms with Gasteiger partial charge in [-0.1, -0.05) is 12.1 Å². The maximum atomic E-state index is 12.7. The lowest BCUT2D eigenvalue weighted by molar-refractivity contribution is -0.137. The summed E-state index contributed by atoms with van der Waals surface area (Å²) in [6.45, 7) is 1.07. The van der Waals surface area contributed by atoms with Crippen LogP contribution in [0.4, 0.5) is 23.7 Å². The highest BCUT2D eigenvalue weighted by Gasteiger charge is 2.41. The van der Waals surface area contributed by atoms with Crippen molar-refractivity contribution in [2.45, 2.75) is 37.5 Å². The van der Waals surface area contributed by atoms with Gasteiger partial charge in [0, 0.05) is 31.6 Å². The normalized spacial score (nSPS) is 18.1. The second-order valence-electron chi connectivity index (χ2n) is 7.51. The number of anilines is 1. The Morgan fingerprint density at radius 3 is 2.41 bits per heavy atom. The van der Waals surface area contributed by atoms with E-state index in [1.54, 1.807) is 4.90 Å². The Morgan fingerprint density at radius 1 is 1.07 bits per heavy atom. The largest absolute Gasteiger partial charge is 0.486 e. The minimum absolute atomic E-state index is 0.276. The minimum Gasteiger partial charge on any atom is -0.486 e. The number of ether oxygens (including phenoxy) is 1. The number of aryl methyl sites for hydroxylation is 1. The Hall–Kier alpha value is -2.22. The predicted octanol–water partition coefficient (Wildman–Crippen LogP) is 5.86. The molecule has 1 fully saturated rings. The summed E-state index contributed by atoms with van der Waals surface area (Å²) in [5, 5.41) is 2.68. The number of hydrogen-bond donors (Lipinski definition) is 1. The average molecular weight is 469 g/mol. The van der Waals surface area contributed by atoms with Crippen molar-refractivity contribution in [2.75, 3.05) is 18.4 Å². The van der Waals surface area contributed by atoms with Crippen molar-refractivity contribution in [1.29, 1.82) is 0 Å². The Labute approximate surface area is 175 Å². The number of alkyl halides is 3. The van der Waals surface area contributed by atoms with E-state index in [1.807, 2.05) is 12.1 Å². The van der Waals surface area contributed by atoms with Crippen LogP contribution in [-0.4, -0.2) is 29.6 Å². The smallest absolute Gasteiger partial charge is 0.416 e. The third-order valence-electron chi connectivity index (χ3n) is 5.64. The van der Waals surface area contributed by atoms with E-state index in [2.05, 4.69) is 27.3 Å². The molecule has 1 saturated heterocycles. The van der Waals surface area contributed by atoms with Gasteiger partial charge in [0.1, 0.15) is 11.4 Å². The molecule has 0 unspecified atom stereocenters. The number of nitrogens with zero attached hydrogens (tertiary/aromatic N) is 1. The fourth-order valence-electron chi connectivity index (χ4n) is 3.91. The summed E-state index contributed by atoms with van der Waals surface area (Å²) in [7, 11) is 0. The number of rotatable bonds is 1. The van der Waals surface area contributed by atoms with Crippen LogP contribution in [0.25, 0.3) is 0 Å². The van der Waals surface area contributed by atoms with Gasteiger partial charge in [0.05, 0.1) is 10.0 Å². The fraction of sp³-hybridized carbons (Fsp3) is 0.381. The second-order valence-corrected chi connectivity index (χ2v) is 8.36. The van der Waals surface area contributed by atoms with Gasteiger partial charge in [0.2, 0.25) is 0 Å². The molecule has 2 amide bonds. The number of likely N-dealkylation sites (tertiary alicyclic amines) is 1. The van der Waals surface area contributed by atoms with Crippen molar-refractivity contribution in [3.8, 4) is 5.75 Å². The van der Waals surface area contributed by atoms with Gasteiger partial charge in [0.15, 0.2) is 0 Å². The van der Waals surface area contributed by atoms with Crippen LogP contribution >= 0.6 is 15.9 Å². The van der Waals surface area contributed by atoms with Gasteiger partial charge in [-0.2, -0.15) is 13.2 Å². The van der Waals surface area contributed by atoms with Crippen LogP contribution in [0.2, 0.25) is 0 Å². The molecule has 0 aromatic heterocycles. The highest BCUT2D eigenvalue weighted by Crippen LogP contribution is 2.42. The third kappa shape index (κ3) is 4.22. The molecule has 2 aromatic carbocycles. The lowest BCUT2D eigenvalue weighted by Gasteiger charge is -2.44. The number of para-hydroxylation sites is 1. The molecule has 1 spiro atoms. The van der Waals surface area contributed by atoms with Gasteiger partial charge in [-0.15, -0.1) is 0 Å². The number of fused-ring (bicyclic) bond motifs is 1. The Morgan fingerprint density at radius 2 is 1.76 bits per heavy atom. The molecule has 0 aliphatic carbocycles. The number of urea groups is 1. The maximum absolute atomic E-state index is 12.7. The minimum atomic E-state index is -4.39. The van der Waals surface area contributed by atoms with Crippen molar-refractivity contribution in [3.05, 3.63) is 58.1 Å². The molecule has 2 heterocycles. The van der Waals surface area contributed by atoms with Crippen molar-refractivity contribution >= 4 is 27.6 Å². The molecule has 4 rings (SSSR count). The molecule has 2 aromatic rings. The van der Waals surface area contributed by atoms with E-state index in [1.165, 1.54) is 17.7 Å². The van der Waals surface area contributed by atoms with Crippen LogP contribution in [0, 0.1) is 0 Å². The van der Waals surface area contributed by atoms with E-state index >= 15 is 0 Å². The Balaban J connectivity index is 1.36. The Bertz CT molecular complexity index is 907. The second kappa shape index (κ2) is 7.55. The van der Waals surface area contributed by atoms with Crippen LogP contribution in [-0.2, 0) is 12.6 Å². The monoisotopic (exact) mass is 468 g/mol. The topological polar surface area (TPSA) is 41.6 Å². The molecular formula is C21H20BrF3N2O2. The van der Waals surface area contributed by atoms with Crippen LogP contribution < -0.4 is 10.1 Å². The number of benzene rings is 2. The van der Waals surface area contributed by atoms with Crippen LogP contribution in [0.5, 0.6) is 5.75 Å². The molecule has 0 saturated carbocycles. The van der Waals surface area contributed by atoms with Gasteiger partial charge < -0.3 is 15.0 Å². The van der Waals surface area contributed by atoms with Gasteiger partial charge in [0.25, 0.3) is 0 Å². The number of carbonyl (C=O) groups excluding carboxylic acids is 1. The van der Waals surface area contributed by atoms with Gasteiger partial charge in [-0.25, -0.2) is 4.79 Å². The number of piperidine rings is 1. The zero-order valence-corrected chi connectivity index (χ0v) is 17.1. The zero-order valence-electron chi connectivity index (χ0n) is 15.6. The van der Waals surface area contributed by atoms with Crippen LogP contribution in [0.1, 0.15) is 30.4 Å². The van der Waals surface area contributed by atoms with Crippen LogP contribution in [0.3, 0.4) is 0 Å². The van der Waals surface area contributed by atoms with E-state index in [0.717, 1.165) is 35.2 Å². The first-order valence-electron chi connectivity index (χ1n) is 9.45. The average Bonchev–Trinajstić information content (AvgIpc) is 2.69. The van der Waals surface area contributed by atoms with Crippen molar-refractivity contribution in [2.24, 2.45) is 0 Å². The van der Waals surface area contributed by atoms with E-state index in [4.69, 9.17) is 4.74 Å². The molecule has 1 N–H and O–H groups in total. The van der Waals surface area contributed by atoms with Crippen LogP contribution in [0.15, 0.2) is 46.9 Å². The number of carbonyl (C=O) groups is 1. The lowest BCUT2D eigenvalue weighted by atomic mass is 9.83. The predicted molar refractivity (Wildman–Crippen MR) is 107 cm³/mol. The number of halogens is 4. The van der Waals surface area contributed by atoms with Gasteiger partial charge >= 0.3 is 12.2 Å². The first-order chi connectivity index (χ1) is 13.8. The highest BCUT2D eigenvalue weighted by molar-refractivity contribution is 9.10. The molecule has 2 aliphatic rings. The molecule has 0 bridgehead atoms. The quantitative estimate of drug-likeness (QED) is 0.569. The molecule has 2 aliphatic heterocycles. The molecule has 0 atom stereocenters. The number of amides is 2. The molecule has 0 radical (unpaired) electrons. The van der Waals surface area contributed by atoms with E-state index < -0.39 is 11.7 Å². The molecule has 154 valence electrons. The SMILES string of the molecule is O=C(Nc1ccc(C(F)(F)F)cc1)N1CCC2(CCc3cccc(Br)c3O2)CC1. The first kappa shape index (κ1) is 20.1. The van der Waals surface area contributed by atoms with E-state index in [-0.39, 0.29) is 11.6 Å². The van der Waals surface area contributed by atoms with Crippen molar-refractivity contribution in [1.82, 2.24) is 4.90 Å². The fourth-order valence-corrected chi connectivity index (χ4v) is 4.40. The third-order valence-corrected chi connectivity index (χ3v) is 6.27. The zero-order chi connectivity index (χ0) is 20.6. The van der Waals surface area contributed by atoms with Gasteiger partial charge in [-0.3, -0.25) is 0 Å². The van der Waals surface area contributed by atoms with Gasteiger partial charge in [-0.05, 0) is 64.7 Å². The van der Waals surface area contributed by atoms with E-state index in [0.29, 0.717) is 31.6 Å². The molecular weight excluding hydrogens is 449 g/mol. The summed E-state index contributed by atoms with van der Waals surface area (Å²) in [5.74, 6) is 0.890. The summed E-state index contributed by atoms with van der Waals surface area (Å²) in [5.41, 5.74) is 0.515.